The van der Waals surface area contributed by atoms with Crippen molar-refractivity contribution in [3.05, 3.63) is 57.6 Å². The maximum atomic E-state index is 11.8. The molecule has 136 valence electrons. The van der Waals surface area contributed by atoms with E-state index in [2.05, 4.69) is 15.8 Å². The van der Waals surface area contributed by atoms with Crippen LogP contribution in [0, 0.1) is 17.0 Å². The van der Waals surface area contributed by atoms with Gasteiger partial charge in [0.25, 0.3) is 5.91 Å². The molecule has 9 nitrogen and oxygen atoms in total. The summed E-state index contributed by atoms with van der Waals surface area (Å²) in [6.45, 7) is 1.98. The summed E-state index contributed by atoms with van der Waals surface area (Å²) >= 11 is 0. The number of carbonyl (C=O) groups excluding carboxylic acids is 1. The van der Waals surface area contributed by atoms with Crippen LogP contribution in [-0.2, 0) is 4.79 Å². The smallest absolute Gasteiger partial charge is 0.315 e. The molecule has 0 bridgehead atoms. The number of ether oxygens (including phenoxy) is 1. The summed E-state index contributed by atoms with van der Waals surface area (Å²) in [6.07, 6.45) is 1.22. The summed E-state index contributed by atoms with van der Waals surface area (Å²) in [4.78, 5) is 22.0. The first-order valence-corrected chi connectivity index (χ1v) is 7.58. The monoisotopic (exact) mass is 358 g/mol. The zero-order chi connectivity index (χ0) is 19.1. The Hall–Kier alpha value is -3.62. The molecule has 26 heavy (non-hydrogen) atoms. The molecule has 0 aromatic heterocycles. The Morgan fingerprint density at radius 2 is 2.04 bits per heavy atom. The summed E-state index contributed by atoms with van der Waals surface area (Å²) in [7, 11) is 1.28. The van der Waals surface area contributed by atoms with Crippen molar-refractivity contribution in [2.45, 2.75) is 6.92 Å². The van der Waals surface area contributed by atoms with Crippen LogP contribution in [0.5, 0.6) is 11.5 Å². The lowest BCUT2D eigenvalue weighted by atomic mass is 10.2. The standard InChI is InChI=1S/C17H18N4O5/c1-11-3-5-13(6-4-11)18-10-16(22)20-19-9-12-7-14(21(24)25)17(23)15(8-12)26-2/h3-9,18,23H,10H2,1-2H3,(H,20,22)/b19-9-. The molecular formula is C17H18N4O5. The van der Waals surface area contributed by atoms with Gasteiger partial charge in [0.05, 0.1) is 24.8 Å². The zero-order valence-electron chi connectivity index (χ0n) is 14.2. The second kappa shape index (κ2) is 8.47. The van der Waals surface area contributed by atoms with Gasteiger partial charge in [0.1, 0.15) is 0 Å². The van der Waals surface area contributed by atoms with Crippen molar-refractivity contribution in [2.24, 2.45) is 5.10 Å². The minimum atomic E-state index is -0.737. The van der Waals surface area contributed by atoms with Crippen LogP contribution in [0.15, 0.2) is 41.5 Å². The number of hydrazone groups is 1. The topological polar surface area (TPSA) is 126 Å². The van der Waals surface area contributed by atoms with Crippen LogP contribution in [0.2, 0.25) is 0 Å². The van der Waals surface area contributed by atoms with Gasteiger partial charge >= 0.3 is 5.69 Å². The first-order valence-electron chi connectivity index (χ1n) is 7.58. The first kappa shape index (κ1) is 18.7. The van der Waals surface area contributed by atoms with E-state index in [9.17, 15) is 20.0 Å². The lowest BCUT2D eigenvalue weighted by Crippen LogP contribution is -2.25. The number of hydrogen-bond acceptors (Lipinski definition) is 7. The van der Waals surface area contributed by atoms with Gasteiger partial charge in [0.2, 0.25) is 5.75 Å². The van der Waals surface area contributed by atoms with Crippen LogP contribution in [0.3, 0.4) is 0 Å². The fourth-order valence-corrected chi connectivity index (χ4v) is 2.06. The van der Waals surface area contributed by atoms with Crippen molar-refractivity contribution < 1.29 is 19.6 Å². The van der Waals surface area contributed by atoms with Crippen molar-refractivity contribution >= 4 is 23.5 Å². The Morgan fingerprint density at radius 3 is 2.65 bits per heavy atom. The number of nitro groups is 1. The van der Waals surface area contributed by atoms with E-state index < -0.39 is 16.4 Å². The predicted octanol–water partition coefficient (Wildman–Crippen LogP) is 2.18. The number of carbonyl (C=O) groups is 1. The molecule has 2 rings (SSSR count). The van der Waals surface area contributed by atoms with Gasteiger partial charge in [-0.2, -0.15) is 5.10 Å². The second-order valence-corrected chi connectivity index (χ2v) is 5.36. The van der Waals surface area contributed by atoms with E-state index in [4.69, 9.17) is 4.74 Å². The van der Waals surface area contributed by atoms with E-state index in [1.807, 2.05) is 31.2 Å². The van der Waals surface area contributed by atoms with Gasteiger partial charge in [0.15, 0.2) is 5.75 Å². The molecule has 0 aliphatic heterocycles. The van der Waals surface area contributed by atoms with E-state index >= 15 is 0 Å². The Balaban J connectivity index is 1.96. The Bertz CT molecular complexity index is 834. The van der Waals surface area contributed by atoms with Crippen LogP contribution in [-0.4, -0.2) is 35.8 Å². The summed E-state index contributed by atoms with van der Waals surface area (Å²) in [5, 5.41) is 27.3. The number of hydrogen-bond donors (Lipinski definition) is 3. The quantitative estimate of drug-likeness (QED) is 0.396. The molecule has 0 fully saturated rings. The summed E-state index contributed by atoms with van der Waals surface area (Å²) < 4.78 is 4.89. The number of methoxy groups -OCH3 is 1. The van der Waals surface area contributed by atoms with E-state index in [1.54, 1.807) is 0 Å². The van der Waals surface area contributed by atoms with E-state index in [-0.39, 0.29) is 23.8 Å². The maximum Gasteiger partial charge on any atom is 0.315 e. The van der Waals surface area contributed by atoms with Crippen LogP contribution < -0.4 is 15.5 Å². The van der Waals surface area contributed by atoms with Crippen LogP contribution >= 0.6 is 0 Å². The number of benzene rings is 2. The molecular weight excluding hydrogens is 340 g/mol. The fourth-order valence-electron chi connectivity index (χ4n) is 2.06. The first-order chi connectivity index (χ1) is 12.4. The number of phenols is 1. The number of phenolic OH excluding ortho intramolecular Hbond substituents is 1. The van der Waals surface area contributed by atoms with E-state index in [1.165, 1.54) is 19.4 Å². The Morgan fingerprint density at radius 1 is 1.35 bits per heavy atom. The third-order valence-corrected chi connectivity index (χ3v) is 3.40. The average molecular weight is 358 g/mol. The highest BCUT2D eigenvalue weighted by atomic mass is 16.6. The molecule has 0 unspecified atom stereocenters. The highest BCUT2D eigenvalue weighted by molar-refractivity contribution is 5.86. The zero-order valence-corrected chi connectivity index (χ0v) is 14.2. The number of nitro benzene ring substituents is 1. The molecule has 2 aromatic carbocycles. The van der Waals surface area contributed by atoms with Crippen molar-refractivity contribution in [2.75, 3.05) is 19.0 Å². The molecule has 3 N–H and O–H groups in total. The van der Waals surface area contributed by atoms with Crippen molar-refractivity contribution in [1.82, 2.24) is 5.43 Å². The number of nitrogens with one attached hydrogen (secondary N) is 2. The number of aromatic hydroxyl groups is 1. The van der Waals surface area contributed by atoms with E-state index in [0.717, 1.165) is 17.3 Å². The van der Waals surface area contributed by atoms with Gasteiger partial charge in [0, 0.05) is 17.3 Å². The van der Waals surface area contributed by atoms with Crippen LogP contribution in [0.4, 0.5) is 11.4 Å². The van der Waals surface area contributed by atoms with E-state index in [0.29, 0.717) is 0 Å². The Labute approximate surface area is 149 Å². The molecule has 0 aliphatic rings. The molecule has 2 aromatic rings. The van der Waals surface area contributed by atoms with Crippen LogP contribution in [0.25, 0.3) is 0 Å². The summed E-state index contributed by atoms with van der Waals surface area (Å²) in [5.74, 6) is -1.02. The number of rotatable bonds is 7. The number of amides is 1. The van der Waals surface area contributed by atoms with Gasteiger partial charge in [-0.3, -0.25) is 14.9 Å². The maximum absolute atomic E-state index is 11.8. The molecule has 0 atom stereocenters. The van der Waals surface area contributed by atoms with Gasteiger partial charge in [-0.05, 0) is 25.1 Å². The number of nitrogens with zero attached hydrogens (tertiary/aromatic N) is 2. The molecule has 0 radical (unpaired) electrons. The second-order valence-electron chi connectivity index (χ2n) is 5.36. The molecule has 0 saturated carbocycles. The van der Waals surface area contributed by atoms with Gasteiger partial charge < -0.3 is 15.2 Å². The minimum absolute atomic E-state index is 0.0133. The summed E-state index contributed by atoms with van der Waals surface area (Å²) in [5.41, 5.74) is 4.00. The lowest BCUT2D eigenvalue weighted by molar-refractivity contribution is -0.386. The summed E-state index contributed by atoms with van der Waals surface area (Å²) in [6, 6.07) is 10.0. The molecule has 9 heteroatoms. The molecule has 0 saturated heterocycles. The van der Waals surface area contributed by atoms with Crippen LogP contribution in [0.1, 0.15) is 11.1 Å². The van der Waals surface area contributed by atoms with Gasteiger partial charge in [-0.25, -0.2) is 5.43 Å². The molecule has 0 spiro atoms. The number of anilines is 1. The van der Waals surface area contributed by atoms with Gasteiger partial charge in [-0.15, -0.1) is 0 Å². The van der Waals surface area contributed by atoms with Crippen molar-refractivity contribution in [1.29, 1.82) is 0 Å². The average Bonchev–Trinajstić information content (AvgIpc) is 2.62. The third-order valence-electron chi connectivity index (χ3n) is 3.40. The normalized spacial score (nSPS) is 10.5. The highest BCUT2D eigenvalue weighted by Crippen LogP contribution is 2.36. The lowest BCUT2D eigenvalue weighted by Gasteiger charge is -2.06. The largest absolute Gasteiger partial charge is 0.500 e. The predicted molar refractivity (Wildman–Crippen MR) is 96.7 cm³/mol. The SMILES string of the molecule is COc1cc(/C=N\NC(=O)CNc2ccc(C)cc2)cc([N+](=O)[O-])c1O. The number of aryl methyl sites for hydroxylation is 1. The molecule has 1 amide bonds. The molecule has 0 aliphatic carbocycles. The Kier molecular flexibility index (Phi) is 6.10. The van der Waals surface area contributed by atoms with Crippen molar-refractivity contribution in [3.8, 4) is 11.5 Å². The highest BCUT2D eigenvalue weighted by Gasteiger charge is 2.19. The minimum Gasteiger partial charge on any atom is -0.500 e. The molecule has 0 heterocycles. The van der Waals surface area contributed by atoms with Gasteiger partial charge in [-0.1, -0.05) is 17.7 Å². The fraction of sp³-hybridized carbons (Fsp3) is 0.176. The van der Waals surface area contributed by atoms with Crippen molar-refractivity contribution in [3.63, 3.8) is 0 Å². The third kappa shape index (κ3) is 4.94.